The van der Waals surface area contributed by atoms with Crippen LogP contribution in [0.1, 0.15) is 29.8 Å². The van der Waals surface area contributed by atoms with Gasteiger partial charge in [0.25, 0.3) is 0 Å². The number of aryl methyl sites for hydroxylation is 1. The number of benzene rings is 2. The summed E-state index contributed by atoms with van der Waals surface area (Å²) < 4.78 is 34.4. The molecule has 0 radical (unpaired) electrons. The quantitative estimate of drug-likeness (QED) is 0.610. The number of carbonyl (C=O) groups is 1. The average Bonchev–Trinajstić information content (AvgIpc) is 3.05. The van der Waals surface area contributed by atoms with Crippen LogP contribution < -0.4 is 4.74 Å². The summed E-state index contributed by atoms with van der Waals surface area (Å²) in [7, 11) is 0. The van der Waals surface area contributed by atoms with E-state index in [4.69, 9.17) is 4.74 Å². The number of para-hydroxylation sites is 1. The van der Waals surface area contributed by atoms with Gasteiger partial charge in [-0.15, -0.1) is 0 Å². The van der Waals surface area contributed by atoms with E-state index in [2.05, 4.69) is 5.10 Å². The highest BCUT2D eigenvalue weighted by atomic mass is 19.1. The van der Waals surface area contributed by atoms with Gasteiger partial charge in [-0.2, -0.15) is 5.10 Å². The van der Waals surface area contributed by atoms with Gasteiger partial charge in [-0.05, 0) is 38.1 Å². The van der Waals surface area contributed by atoms with Gasteiger partial charge in [-0.25, -0.2) is 13.5 Å². The fraction of sp³-hybridized carbons (Fsp3) is 0.333. The molecule has 1 fully saturated rings. The minimum absolute atomic E-state index is 0.0465. The van der Waals surface area contributed by atoms with Crippen molar-refractivity contribution in [2.24, 2.45) is 0 Å². The van der Waals surface area contributed by atoms with E-state index in [1.807, 2.05) is 53.8 Å². The van der Waals surface area contributed by atoms with E-state index in [9.17, 15) is 13.6 Å². The van der Waals surface area contributed by atoms with E-state index in [1.165, 1.54) is 12.1 Å². The Morgan fingerprint density at radius 1 is 1.10 bits per heavy atom. The first-order valence-electron chi connectivity index (χ1n) is 10.4. The molecule has 162 valence electrons. The van der Waals surface area contributed by atoms with Gasteiger partial charge in [0, 0.05) is 43.3 Å². The lowest BCUT2D eigenvalue weighted by Gasteiger charge is -2.32. The predicted octanol–water partition coefficient (Wildman–Crippen LogP) is 4.38. The Morgan fingerprint density at radius 3 is 2.48 bits per heavy atom. The van der Waals surface area contributed by atoms with Crippen molar-refractivity contribution < 1.29 is 18.3 Å². The first kappa shape index (κ1) is 21.0. The lowest BCUT2D eigenvalue weighted by atomic mass is 10.0. The number of halogens is 2. The number of ether oxygens (including phenoxy) is 1. The topological polar surface area (TPSA) is 47.4 Å². The Bertz CT molecular complexity index is 1070. The number of aromatic nitrogens is 2. The van der Waals surface area contributed by atoms with Crippen molar-refractivity contribution in [3.05, 3.63) is 77.1 Å². The van der Waals surface area contributed by atoms with Crippen LogP contribution in [-0.2, 0) is 11.2 Å². The Morgan fingerprint density at radius 2 is 1.81 bits per heavy atom. The molecule has 1 aliphatic rings. The molecule has 5 nitrogen and oxygen atoms in total. The van der Waals surface area contributed by atoms with Gasteiger partial charge < -0.3 is 9.64 Å². The molecule has 1 aromatic heterocycles. The summed E-state index contributed by atoms with van der Waals surface area (Å²) >= 11 is 0. The number of likely N-dealkylation sites (tertiary alicyclic amines) is 1. The van der Waals surface area contributed by atoms with Crippen molar-refractivity contribution >= 4 is 5.91 Å². The van der Waals surface area contributed by atoms with Crippen LogP contribution in [0.3, 0.4) is 0 Å². The summed E-state index contributed by atoms with van der Waals surface area (Å²) in [4.78, 5) is 14.7. The van der Waals surface area contributed by atoms with Gasteiger partial charge in [0.1, 0.15) is 11.9 Å². The molecule has 7 heteroatoms. The predicted molar refractivity (Wildman–Crippen MR) is 113 cm³/mol. The van der Waals surface area contributed by atoms with Gasteiger partial charge in [0.05, 0.1) is 17.8 Å². The van der Waals surface area contributed by atoms with Gasteiger partial charge in [-0.1, -0.05) is 18.2 Å². The number of hydrogen-bond donors (Lipinski definition) is 0. The second-order valence-corrected chi connectivity index (χ2v) is 7.85. The molecule has 4 rings (SSSR count). The maximum absolute atomic E-state index is 13.8. The normalized spacial score (nSPS) is 14.6. The molecular weight excluding hydrogens is 400 g/mol. The molecule has 1 amide bonds. The Kier molecular flexibility index (Phi) is 6.02. The maximum Gasteiger partial charge on any atom is 0.227 e. The van der Waals surface area contributed by atoms with Crippen LogP contribution in [0.15, 0.2) is 48.5 Å². The number of rotatable bonds is 5. The summed E-state index contributed by atoms with van der Waals surface area (Å²) in [6.45, 7) is 4.98. The minimum atomic E-state index is -0.708. The summed E-state index contributed by atoms with van der Waals surface area (Å²) in [5, 5.41) is 4.62. The van der Waals surface area contributed by atoms with E-state index in [0.29, 0.717) is 32.4 Å². The maximum atomic E-state index is 13.8. The molecule has 1 saturated heterocycles. The molecule has 3 aromatic rings. The summed E-state index contributed by atoms with van der Waals surface area (Å²) in [5.41, 5.74) is 3.72. The fourth-order valence-electron chi connectivity index (χ4n) is 3.99. The molecule has 0 aliphatic carbocycles. The average molecular weight is 425 g/mol. The zero-order chi connectivity index (χ0) is 22.0. The third-order valence-electron chi connectivity index (χ3n) is 5.75. The van der Waals surface area contributed by atoms with Crippen LogP contribution in [0.5, 0.6) is 5.75 Å². The first-order valence-corrected chi connectivity index (χ1v) is 10.4. The first-order chi connectivity index (χ1) is 14.9. The molecule has 31 heavy (non-hydrogen) atoms. The van der Waals surface area contributed by atoms with Gasteiger partial charge >= 0.3 is 0 Å². The summed E-state index contributed by atoms with van der Waals surface area (Å²) in [5.74, 6) is -1.25. The minimum Gasteiger partial charge on any atom is -0.487 e. The third-order valence-corrected chi connectivity index (χ3v) is 5.75. The van der Waals surface area contributed by atoms with Crippen molar-refractivity contribution in [2.45, 2.75) is 39.2 Å². The van der Waals surface area contributed by atoms with Crippen LogP contribution in [0.2, 0.25) is 0 Å². The van der Waals surface area contributed by atoms with Crippen molar-refractivity contribution in [3.63, 3.8) is 0 Å². The molecule has 0 spiro atoms. The smallest absolute Gasteiger partial charge is 0.227 e. The van der Waals surface area contributed by atoms with Crippen LogP contribution in [0, 0.1) is 25.5 Å². The van der Waals surface area contributed by atoms with Crippen molar-refractivity contribution in [3.8, 4) is 11.4 Å². The zero-order valence-corrected chi connectivity index (χ0v) is 17.6. The second kappa shape index (κ2) is 8.88. The van der Waals surface area contributed by atoms with E-state index >= 15 is 0 Å². The molecule has 0 bridgehead atoms. The highest BCUT2D eigenvalue weighted by Crippen LogP contribution is 2.24. The molecule has 0 saturated carbocycles. The lowest BCUT2D eigenvalue weighted by Crippen LogP contribution is -2.42. The highest BCUT2D eigenvalue weighted by molar-refractivity contribution is 5.79. The van der Waals surface area contributed by atoms with E-state index in [1.54, 1.807) is 0 Å². The van der Waals surface area contributed by atoms with Crippen molar-refractivity contribution in [1.29, 1.82) is 0 Å². The highest BCUT2D eigenvalue weighted by Gasteiger charge is 2.26. The number of carbonyl (C=O) groups excluding carboxylic acids is 1. The Balaban J connectivity index is 1.37. The lowest BCUT2D eigenvalue weighted by molar-refractivity contribution is -0.132. The third kappa shape index (κ3) is 4.60. The zero-order valence-electron chi connectivity index (χ0n) is 17.6. The van der Waals surface area contributed by atoms with Crippen LogP contribution in [0.4, 0.5) is 8.78 Å². The monoisotopic (exact) mass is 425 g/mol. The molecule has 2 aromatic carbocycles. The van der Waals surface area contributed by atoms with Crippen LogP contribution in [0.25, 0.3) is 5.69 Å². The molecule has 2 heterocycles. The second-order valence-electron chi connectivity index (χ2n) is 7.85. The van der Waals surface area contributed by atoms with Crippen molar-refractivity contribution in [2.75, 3.05) is 13.1 Å². The molecule has 0 unspecified atom stereocenters. The van der Waals surface area contributed by atoms with Gasteiger partial charge in [0.15, 0.2) is 11.6 Å². The van der Waals surface area contributed by atoms with Gasteiger partial charge in [0.2, 0.25) is 5.91 Å². The molecule has 1 aliphatic heterocycles. The Labute approximate surface area is 180 Å². The standard InChI is InChI=1S/C24H25F2N3O2/c1-16-21(17(2)29(27-16)19-6-4-3-5-7-19)15-24(30)28-12-10-20(11-13-28)31-23-9-8-18(25)14-22(23)26/h3-9,14,20H,10-13,15H2,1-2H3. The number of amides is 1. The SMILES string of the molecule is Cc1nn(-c2ccccc2)c(C)c1CC(=O)N1CCC(Oc2ccc(F)cc2F)CC1. The van der Waals surface area contributed by atoms with Crippen LogP contribution >= 0.6 is 0 Å². The summed E-state index contributed by atoms with van der Waals surface area (Å²) in [6, 6.07) is 13.1. The molecule has 0 N–H and O–H groups in total. The summed E-state index contributed by atoms with van der Waals surface area (Å²) in [6.07, 6.45) is 1.30. The van der Waals surface area contributed by atoms with E-state index in [-0.39, 0.29) is 17.8 Å². The van der Waals surface area contributed by atoms with Crippen LogP contribution in [-0.4, -0.2) is 39.8 Å². The van der Waals surface area contributed by atoms with E-state index in [0.717, 1.165) is 28.7 Å². The number of nitrogens with zero attached hydrogens (tertiary/aromatic N) is 3. The van der Waals surface area contributed by atoms with Gasteiger partial charge in [-0.3, -0.25) is 4.79 Å². The molecule has 0 atom stereocenters. The fourth-order valence-corrected chi connectivity index (χ4v) is 3.99. The van der Waals surface area contributed by atoms with E-state index < -0.39 is 11.6 Å². The van der Waals surface area contributed by atoms with Crippen molar-refractivity contribution in [1.82, 2.24) is 14.7 Å². The number of piperidine rings is 1. The molecular formula is C24H25F2N3O2. The largest absolute Gasteiger partial charge is 0.487 e. The number of hydrogen-bond acceptors (Lipinski definition) is 3. The Hall–Kier alpha value is -3.22.